The average molecular weight is 713 g/mol. The Morgan fingerprint density at radius 2 is 1.45 bits per heavy atom. The minimum absolute atomic E-state index is 0.00336. The number of carbonyl (C=O) groups excluding carboxylic acids is 2. The van der Waals surface area contributed by atoms with Gasteiger partial charge in [-0.2, -0.15) is 0 Å². The quantitative estimate of drug-likeness (QED) is 0.254. The molecule has 2 aliphatic carbocycles. The lowest BCUT2D eigenvalue weighted by atomic mass is 9.72. The summed E-state index contributed by atoms with van der Waals surface area (Å²) in [6, 6.07) is 5.73. The smallest absolute Gasteiger partial charge is 0.202 e. The van der Waals surface area contributed by atoms with E-state index < -0.39 is 91.1 Å². The lowest BCUT2D eigenvalue weighted by Crippen LogP contribution is -2.55. The van der Waals surface area contributed by atoms with Crippen LogP contribution in [0.2, 0.25) is 0 Å². The summed E-state index contributed by atoms with van der Waals surface area (Å²) >= 11 is 0. The molecule has 1 unspecified atom stereocenters. The molecule has 0 amide bonds. The molecular formula is C37H44O14. The van der Waals surface area contributed by atoms with Gasteiger partial charge in [0.2, 0.25) is 6.29 Å². The monoisotopic (exact) mass is 712 g/mol. The second-order valence-corrected chi connectivity index (χ2v) is 14.2. The molecule has 2 aromatic carbocycles. The highest BCUT2D eigenvalue weighted by Gasteiger charge is 2.46. The number of aryl methyl sites for hydroxylation is 1. The van der Waals surface area contributed by atoms with Crippen LogP contribution < -0.4 is 4.74 Å². The fourth-order valence-electron chi connectivity index (χ4n) is 7.86. The third-order valence-corrected chi connectivity index (χ3v) is 10.5. The zero-order chi connectivity index (χ0) is 36.5. The molecule has 3 heterocycles. The number of fused-ring (bicyclic) bond motifs is 3. The van der Waals surface area contributed by atoms with Crippen LogP contribution in [0.15, 0.2) is 29.8 Å². The number of benzene rings is 2. The lowest BCUT2D eigenvalue weighted by molar-refractivity contribution is -0.323. The van der Waals surface area contributed by atoms with Crippen molar-refractivity contribution in [2.75, 3.05) is 0 Å². The van der Waals surface area contributed by atoms with Crippen LogP contribution in [0.1, 0.15) is 83.9 Å². The summed E-state index contributed by atoms with van der Waals surface area (Å²) in [5.74, 6) is -2.26. The number of phenols is 2. The normalized spacial score (nSPS) is 36.7. The van der Waals surface area contributed by atoms with Gasteiger partial charge in [0.05, 0.1) is 53.9 Å². The molecule has 3 aliphatic heterocycles. The van der Waals surface area contributed by atoms with Crippen molar-refractivity contribution in [3.05, 3.63) is 57.7 Å². The number of hydrogen-bond acceptors (Lipinski definition) is 14. The standard InChI is InChI=1S/C37H44O14/c1-14-9-18-11-22(41)31-33(29(18)21(40)10-14)36(45)30-20(39)5-7-24(32(30)35(31)44)49-27-12-23(42)37(17(4)48-27)51-28-13-25(34(43)16(3)47-28)50-26-8-6-19(38)15(2)46-26/h5,7,9-10,15-17,19,22-23,25-28,34,37-43H,6,8,11-13H2,1-4H3/t15-,16-,17-,19-,22?,23-,25+,26-,27-,28-,34-,37+/m1/s1. The van der Waals surface area contributed by atoms with Crippen molar-refractivity contribution < 1.29 is 68.6 Å². The first kappa shape index (κ1) is 35.9. The van der Waals surface area contributed by atoms with Gasteiger partial charge in [0.15, 0.2) is 24.1 Å². The van der Waals surface area contributed by atoms with Crippen molar-refractivity contribution in [3.63, 3.8) is 0 Å². The molecule has 5 aliphatic rings. The van der Waals surface area contributed by atoms with E-state index >= 15 is 0 Å². The van der Waals surface area contributed by atoms with Crippen LogP contribution in [-0.4, -0.2) is 116 Å². The van der Waals surface area contributed by atoms with E-state index in [9.17, 15) is 40.2 Å². The van der Waals surface area contributed by atoms with Gasteiger partial charge in [0.1, 0.15) is 29.5 Å². The first-order chi connectivity index (χ1) is 24.2. The van der Waals surface area contributed by atoms with Crippen LogP contribution in [0, 0.1) is 6.92 Å². The number of ketones is 2. The van der Waals surface area contributed by atoms with Gasteiger partial charge < -0.3 is 59.1 Å². The molecule has 7 rings (SSSR count). The van der Waals surface area contributed by atoms with E-state index in [1.165, 1.54) is 18.2 Å². The van der Waals surface area contributed by atoms with Crippen molar-refractivity contribution >= 4 is 17.1 Å². The Balaban J connectivity index is 1.06. The Morgan fingerprint density at radius 3 is 2.18 bits per heavy atom. The summed E-state index contributed by atoms with van der Waals surface area (Å²) < 4.78 is 36.1. The SMILES string of the molecule is Cc1cc(O)c2c(c1)CC(O)C1=C2C(=O)c2c(O)ccc(O[C@@H]3C[C@@H](O)[C@@H](O[C@@H]4C[C@H](O[C@@H]5CC[C@@H](O)[C@@H](C)O5)[C@H](O)[C@@H](C)O4)[C@@H](C)O3)c2C1=O. The first-order valence-corrected chi connectivity index (χ1v) is 17.4. The van der Waals surface area contributed by atoms with Gasteiger partial charge >= 0.3 is 0 Å². The number of ether oxygens (including phenoxy) is 6. The van der Waals surface area contributed by atoms with Crippen LogP contribution in [0.5, 0.6) is 17.2 Å². The van der Waals surface area contributed by atoms with E-state index in [1.54, 1.807) is 33.8 Å². The highest BCUT2D eigenvalue weighted by Crippen LogP contribution is 2.47. The Morgan fingerprint density at radius 1 is 0.725 bits per heavy atom. The van der Waals surface area contributed by atoms with Gasteiger partial charge in [-0.05, 0) is 63.4 Å². The average Bonchev–Trinajstić information content (AvgIpc) is 3.05. The van der Waals surface area contributed by atoms with Crippen LogP contribution in [0.4, 0.5) is 0 Å². The highest BCUT2D eigenvalue weighted by atomic mass is 16.7. The van der Waals surface area contributed by atoms with E-state index in [2.05, 4.69) is 0 Å². The van der Waals surface area contributed by atoms with Gasteiger partial charge in [0.25, 0.3) is 0 Å². The van der Waals surface area contributed by atoms with Crippen molar-refractivity contribution in [2.45, 2.75) is 134 Å². The second-order valence-electron chi connectivity index (χ2n) is 14.2. The van der Waals surface area contributed by atoms with Gasteiger partial charge in [-0.3, -0.25) is 9.59 Å². The minimum atomic E-state index is -1.35. The van der Waals surface area contributed by atoms with E-state index in [1.807, 2.05) is 0 Å². The maximum Gasteiger partial charge on any atom is 0.202 e. The fourth-order valence-corrected chi connectivity index (χ4v) is 7.86. The first-order valence-electron chi connectivity index (χ1n) is 17.4. The third-order valence-electron chi connectivity index (χ3n) is 10.5. The van der Waals surface area contributed by atoms with Gasteiger partial charge in [-0.1, -0.05) is 6.07 Å². The largest absolute Gasteiger partial charge is 0.507 e. The highest BCUT2D eigenvalue weighted by molar-refractivity contribution is 6.42. The summed E-state index contributed by atoms with van der Waals surface area (Å²) in [6.07, 6.45) is -9.00. The molecule has 3 saturated heterocycles. The fraction of sp³-hybridized carbons (Fsp3) is 0.568. The van der Waals surface area contributed by atoms with Crippen molar-refractivity contribution in [1.29, 1.82) is 0 Å². The van der Waals surface area contributed by atoms with E-state index in [-0.39, 0.29) is 58.6 Å². The van der Waals surface area contributed by atoms with Gasteiger partial charge in [-0.25, -0.2) is 0 Å². The second kappa shape index (κ2) is 13.8. The molecule has 276 valence electrons. The predicted molar refractivity (Wildman–Crippen MR) is 176 cm³/mol. The molecule has 51 heavy (non-hydrogen) atoms. The Labute approximate surface area is 294 Å². The number of aliphatic hydroxyl groups is 4. The zero-order valence-electron chi connectivity index (χ0n) is 28.7. The molecule has 0 aromatic heterocycles. The van der Waals surface area contributed by atoms with E-state index in [4.69, 9.17) is 28.4 Å². The van der Waals surface area contributed by atoms with Gasteiger partial charge in [-0.15, -0.1) is 0 Å². The zero-order valence-corrected chi connectivity index (χ0v) is 28.7. The van der Waals surface area contributed by atoms with E-state index in [0.717, 1.165) is 0 Å². The van der Waals surface area contributed by atoms with Crippen LogP contribution in [0.3, 0.4) is 0 Å². The molecule has 0 bridgehead atoms. The summed E-state index contributed by atoms with van der Waals surface area (Å²) in [5.41, 5.74) is 0.430. The van der Waals surface area contributed by atoms with Crippen molar-refractivity contribution in [3.8, 4) is 17.2 Å². The maximum atomic E-state index is 14.0. The minimum Gasteiger partial charge on any atom is -0.507 e. The number of Topliss-reactive ketones (excluding diaryl/α,β-unsaturated/α-hetero) is 2. The summed E-state index contributed by atoms with van der Waals surface area (Å²) in [7, 11) is 0. The van der Waals surface area contributed by atoms with Crippen LogP contribution in [0.25, 0.3) is 5.57 Å². The number of hydrogen-bond donors (Lipinski definition) is 6. The number of allylic oxidation sites excluding steroid dienone is 1. The van der Waals surface area contributed by atoms with E-state index in [0.29, 0.717) is 24.0 Å². The molecule has 0 spiro atoms. The Hall–Kier alpha value is -3.44. The number of aliphatic hydroxyl groups excluding tert-OH is 4. The van der Waals surface area contributed by atoms with Gasteiger partial charge in [0, 0.05) is 42.4 Å². The Bertz CT molecular complexity index is 1730. The molecule has 0 radical (unpaired) electrons. The number of rotatable bonds is 6. The number of phenolic OH excluding ortho intramolecular Hbond substituents is 2. The molecular weight excluding hydrogens is 668 g/mol. The van der Waals surface area contributed by atoms with Crippen molar-refractivity contribution in [1.82, 2.24) is 0 Å². The topological polar surface area (TPSA) is 211 Å². The molecule has 2 aromatic rings. The van der Waals surface area contributed by atoms with Crippen LogP contribution in [-0.2, 0) is 30.1 Å². The summed E-state index contributed by atoms with van der Waals surface area (Å²) in [6.45, 7) is 6.87. The third kappa shape index (κ3) is 6.58. The summed E-state index contributed by atoms with van der Waals surface area (Å²) in [5, 5.41) is 64.7. The summed E-state index contributed by atoms with van der Waals surface area (Å²) in [4.78, 5) is 28.0. The molecule has 14 nitrogen and oxygen atoms in total. The predicted octanol–water partition coefficient (Wildman–Crippen LogP) is 2.18. The molecule has 14 heteroatoms. The molecule has 0 saturated carbocycles. The molecule has 3 fully saturated rings. The van der Waals surface area contributed by atoms with Crippen LogP contribution >= 0.6 is 0 Å². The maximum absolute atomic E-state index is 14.0. The molecule has 12 atom stereocenters. The number of carbonyl (C=O) groups is 2. The lowest BCUT2D eigenvalue weighted by Gasteiger charge is -2.44. The van der Waals surface area contributed by atoms with Crippen molar-refractivity contribution in [2.24, 2.45) is 0 Å². The number of aromatic hydroxyl groups is 2. The molecule has 6 N–H and O–H groups in total. The Kier molecular flexibility index (Phi) is 9.75.